The molecule has 0 aromatic heterocycles. The Balaban J connectivity index is 3.23. The molecule has 30 nitrogen and oxygen atoms in total. The van der Waals surface area contributed by atoms with Crippen LogP contribution in [0.5, 0.6) is 0 Å². The quantitative estimate of drug-likeness (QED) is 0.0163. The molecule has 0 aromatic rings. The summed E-state index contributed by atoms with van der Waals surface area (Å²) >= 11 is 1.29. The predicted octanol–water partition coefficient (Wildman–Crippen LogP) is -3.09. The first kappa shape index (κ1) is 75.4. The minimum Gasteiger partial charge on any atom is -0.370 e. The molecule has 1 saturated heterocycles. The Kier molecular flexibility index (Phi) is 36.8. The molecular weight excluding hydrogens is 1120 g/mol. The first-order valence-electron chi connectivity index (χ1n) is 28.9. The maximum atomic E-state index is 14.3. The number of ketones is 4. The summed E-state index contributed by atoms with van der Waals surface area (Å²) in [4.78, 5) is 166. The number of aliphatic imine (C=N–C) groups is 4. The van der Waals surface area contributed by atoms with Crippen LogP contribution in [0.2, 0.25) is 0 Å². The van der Waals surface area contributed by atoms with Crippen LogP contribution in [-0.4, -0.2) is 182 Å². The number of hydrogen-bond donors (Lipinski definition) is 14. The van der Waals surface area contributed by atoms with Crippen molar-refractivity contribution in [3.8, 4) is 0 Å². The molecule has 480 valence electrons. The molecule has 0 radical (unpaired) electrons. The maximum absolute atomic E-state index is 14.3. The molecule has 1 rings (SSSR count). The van der Waals surface area contributed by atoms with Crippen LogP contribution < -0.4 is 77.8 Å². The van der Waals surface area contributed by atoms with E-state index < -0.39 is 126 Å². The van der Waals surface area contributed by atoms with E-state index in [9.17, 15) is 52.7 Å². The summed E-state index contributed by atoms with van der Waals surface area (Å²) in [5.74, 6) is -9.00. The Morgan fingerprint density at radius 2 is 1.05 bits per heavy atom. The maximum Gasteiger partial charge on any atom is 0.243 e. The van der Waals surface area contributed by atoms with Crippen molar-refractivity contribution in [2.24, 2.45) is 89.5 Å². The monoisotopic (exact) mass is 1220 g/mol. The van der Waals surface area contributed by atoms with E-state index in [0.29, 0.717) is 25.8 Å². The van der Waals surface area contributed by atoms with Crippen LogP contribution in [-0.2, 0) is 52.7 Å². The highest BCUT2D eigenvalue weighted by molar-refractivity contribution is 7.98. The average Bonchev–Trinajstić information content (AvgIpc) is 4.07. The Hall–Kier alpha value is -7.60. The van der Waals surface area contributed by atoms with E-state index in [0.717, 1.165) is 0 Å². The number of nitrogens with one attached hydrogen (secondary N) is 6. The van der Waals surface area contributed by atoms with Crippen LogP contribution in [0.1, 0.15) is 137 Å². The number of hydrogen-bond acceptors (Lipinski definition) is 16. The Bertz CT molecular complexity index is 2350. The van der Waals surface area contributed by atoms with Gasteiger partial charge in [0.15, 0.2) is 47.0 Å². The van der Waals surface area contributed by atoms with Crippen molar-refractivity contribution >= 4 is 100 Å². The number of rotatable bonds is 44. The third kappa shape index (κ3) is 31.8. The van der Waals surface area contributed by atoms with Crippen LogP contribution in [0.25, 0.3) is 0 Å². The molecule has 85 heavy (non-hydrogen) atoms. The molecule has 1 aliphatic heterocycles. The molecule has 0 aromatic carbocycles. The normalized spacial score (nSPS) is 15.2. The van der Waals surface area contributed by atoms with Crippen molar-refractivity contribution < 1.29 is 52.7 Å². The van der Waals surface area contributed by atoms with Gasteiger partial charge in [-0.15, -0.1) is 0 Å². The number of carbonyl (C=O) groups excluding carboxylic acids is 11. The minimum atomic E-state index is -1.21. The van der Waals surface area contributed by atoms with E-state index in [1.54, 1.807) is 13.2 Å². The molecule has 31 heteroatoms. The van der Waals surface area contributed by atoms with Crippen LogP contribution in [0.4, 0.5) is 0 Å². The molecule has 1 fully saturated rings. The standard InChI is InChI=1S/C54H97N19O11S/c1-7-45(79)73-24-12-17-40(73)50(84)72-39(25-31(2)3)49(83)68-29-36(74)26-35(30-85-6)48(82)69-32(4)41(75)18-19-44(78)70-37(15-10-22-66-53(59)60)42(76)28-34(14-9-21-65-52(57)58)47(81)71-38(16-11-23-67-54(61)62)43(77)27-33(46(80)63-5)13-8-20-64-51(55)56/h31-35,37-40H,7-30H2,1-6H3,(H,63,80)(H,68,83)(H,69,82)(H,70,78)(H,71,81)(H,72,84)(H4,55,56,64)(H4,57,58,65)(H4,59,60,66)(H4,61,62,67)/t32-,33-,34-,35-,37+,38+,39-,40-/m0/s1. The fourth-order valence-corrected chi connectivity index (χ4v) is 10.0. The van der Waals surface area contributed by atoms with Crippen LogP contribution in [0, 0.1) is 23.7 Å². The molecule has 0 saturated carbocycles. The molecule has 8 atom stereocenters. The summed E-state index contributed by atoms with van der Waals surface area (Å²) in [6.45, 7) is 7.39. The Morgan fingerprint density at radius 1 is 0.565 bits per heavy atom. The third-order valence-corrected chi connectivity index (χ3v) is 14.6. The lowest BCUT2D eigenvalue weighted by Crippen LogP contribution is -2.54. The van der Waals surface area contributed by atoms with Gasteiger partial charge in [-0.3, -0.25) is 72.7 Å². The zero-order valence-electron chi connectivity index (χ0n) is 50.4. The van der Waals surface area contributed by atoms with Crippen molar-refractivity contribution in [2.75, 3.05) is 58.3 Å². The lowest BCUT2D eigenvalue weighted by molar-refractivity contribution is -0.139. The van der Waals surface area contributed by atoms with Gasteiger partial charge in [0, 0.05) is 95.9 Å². The molecule has 7 amide bonds. The van der Waals surface area contributed by atoms with E-state index >= 15 is 0 Å². The first-order valence-corrected chi connectivity index (χ1v) is 30.3. The van der Waals surface area contributed by atoms with Gasteiger partial charge in [-0.05, 0) is 89.7 Å². The van der Waals surface area contributed by atoms with Gasteiger partial charge < -0.3 is 82.7 Å². The Morgan fingerprint density at radius 3 is 1.52 bits per heavy atom. The van der Waals surface area contributed by atoms with Gasteiger partial charge in [-0.1, -0.05) is 20.8 Å². The summed E-state index contributed by atoms with van der Waals surface area (Å²) in [5, 5.41) is 16.0. The van der Waals surface area contributed by atoms with E-state index in [1.165, 1.54) is 30.6 Å². The molecule has 0 unspecified atom stereocenters. The number of guanidine groups is 4. The van der Waals surface area contributed by atoms with Crippen molar-refractivity contribution in [3.63, 3.8) is 0 Å². The van der Waals surface area contributed by atoms with E-state index in [2.05, 4.69) is 51.9 Å². The van der Waals surface area contributed by atoms with Gasteiger partial charge in [0.2, 0.25) is 41.4 Å². The number of thioether (sulfide) groups is 1. The smallest absolute Gasteiger partial charge is 0.243 e. The van der Waals surface area contributed by atoms with Gasteiger partial charge in [-0.2, -0.15) is 11.8 Å². The fourth-order valence-electron chi connectivity index (χ4n) is 9.37. The second kappa shape index (κ2) is 41.4. The molecule has 22 N–H and O–H groups in total. The Labute approximate surface area is 502 Å². The van der Waals surface area contributed by atoms with Crippen LogP contribution >= 0.6 is 11.8 Å². The number of nitrogens with zero attached hydrogens (tertiary/aromatic N) is 5. The SMILES string of the molecule is CCC(=O)N1CCC[C@H]1C(=O)N[C@@H](CC(C)C)C(=O)NCC(=O)C[C@@H](CSC)C(=O)N[C@@H](C)C(=O)CCC(=O)N[C@H](CCCN=C(N)N)C(=O)C[C@H](CCCN=C(N)N)C(=O)N[C@H](CCCN=C(N)N)C(=O)C[C@H](CCCN=C(N)N)C(=O)NC. The van der Waals surface area contributed by atoms with Gasteiger partial charge in [0.1, 0.15) is 12.1 Å². The summed E-state index contributed by atoms with van der Waals surface area (Å²) in [7, 11) is 1.43. The molecular formula is C54H97N19O11S. The van der Waals surface area contributed by atoms with E-state index in [1.807, 2.05) is 13.8 Å². The predicted molar refractivity (Wildman–Crippen MR) is 327 cm³/mol. The lowest BCUT2D eigenvalue weighted by Gasteiger charge is -2.26. The molecule has 1 aliphatic rings. The first-order chi connectivity index (χ1) is 40.1. The molecule has 0 aliphatic carbocycles. The zero-order chi connectivity index (χ0) is 64.2. The molecule has 0 bridgehead atoms. The van der Waals surface area contributed by atoms with E-state index in [-0.39, 0.29) is 145 Å². The van der Waals surface area contributed by atoms with Crippen molar-refractivity contribution in [1.29, 1.82) is 0 Å². The topological polar surface area (TPSA) is 521 Å². The van der Waals surface area contributed by atoms with Crippen LogP contribution in [0.15, 0.2) is 20.0 Å². The number of amides is 7. The van der Waals surface area contributed by atoms with Gasteiger partial charge in [-0.25, -0.2) is 0 Å². The highest BCUT2D eigenvalue weighted by Gasteiger charge is 2.36. The fraction of sp³-hybridized carbons (Fsp3) is 0.722. The minimum absolute atomic E-state index is 0.00988. The van der Waals surface area contributed by atoms with Crippen molar-refractivity contribution in [3.05, 3.63) is 0 Å². The number of Topliss-reactive ketones (excluding diaryl/α,β-unsaturated/α-hetero) is 4. The highest BCUT2D eigenvalue weighted by Crippen LogP contribution is 2.22. The summed E-state index contributed by atoms with van der Waals surface area (Å²) in [5.41, 5.74) is 44.0. The summed E-state index contributed by atoms with van der Waals surface area (Å²) < 4.78 is 0. The lowest BCUT2D eigenvalue weighted by atomic mass is 9.89. The number of carbonyl (C=O) groups is 11. The third-order valence-electron chi connectivity index (χ3n) is 13.8. The van der Waals surface area contributed by atoms with Crippen LogP contribution in [0.3, 0.4) is 0 Å². The second-order valence-electron chi connectivity index (χ2n) is 21.4. The van der Waals surface area contributed by atoms with E-state index in [4.69, 9.17) is 45.9 Å². The summed E-state index contributed by atoms with van der Waals surface area (Å²) in [6.07, 6.45) is 2.99. The second-order valence-corrected chi connectivity index (χ2v) is 22.3. The molecule has 0 spiro atoms. The van der Waals surface area contributed by atoms with Gasteiger partial charge in [0.05, 0.1) is 30.6 Å². The zero-order valence-corrected chi connectivity index (χ0v) is 51.2. The molecule has 1 heterocycles. The number of nitrogens with two attached hydrogens (primary N) is 8. The van der Waals surface area contributed by atoms with Gasteiger partial charge >= 0.3 is 0 Å². The largest absolute Gasteiger partial charge is 0.370 e. The van der Waals surface area contributed by atoms with Crippen molar-refractivity contribution in [1.82, 2.24) is 36.8 Å². The number of likely N-dealkylation sites (tertiary alicyclic amines) is 1. The van der Waals surface area contributed by atoms with Gasteiger partial charge in [0.25, 0.3) is 0 Å². The highest BCUT2D eigenvalue weighted by atomic mass is 32.2. The summed E-state index contributed by atoms with van der Waals surface area (Å²) in [6, 6.07) is -5.14. The van der Waals surface area contributed by atoms with Crippen molar-refractivity contribution in [2.45, 2.75) is 167 Å². The average molecular weight is 1220 g/mol.